The number of benzene rings is 1. The number of hydrogen-bond donors (Lipinski definition) is 3. The number of carbonyl (C=O) groups is 3. The summed E-state index contributed by atoms with van der Waals surface area (Å²) in [5.41, 5.74) is -0.843. The van der Waals surface area contributed by atoms with E-state index in [4.69, 9.17) is 28.5 Å². The van der Waals surface area contributed by atoms with Gasteiger partial charge in [0, 0.05) is 35.9 Å². The zero-order valence-corrected chi connectivity index (χ0v) is 35.8. The molecule has 3 aliphatic heterocycles. The van der Waals surface area contributed by atoms with Gasteiger partial charge in [-0.1, -0.05) is 45.0 Å². The molecule has 16 heteroatoms. The van der Waals surface area contributed by atoms with Crippen LogP contribution >= 0.6 is 0 Å². The van der Waals surface area contributed by atoms with E-state index in [-0.39, 0.29) is 44.8 Å². The first-order valence-electron chi connectivity index (χ1n) is 20.3. The van der Waals surface area contributed by atoms with E-state index in [1.807, 2.05) is 58.0 Å². The van der Waals surface area contributed by atoms with Crippen LogP contribution in [0.2, 0.25) is 0 Å². The summed E-state index contributed by atoms with van der Waals surface area (Å²) in [6.45, 7) is 14.9. The van der Waals surface area contributed by atoms with Crippen LogP contribution in [0.1, 0.15) is 87.1 Å². The van der Waals surface area contributed by atoms with Crippen LogP contribution < -0.4 is 0 Å². The molecule has 16 nitrogen and oxygen atoms in total. The Morgan fingerprint density at radius 2 is 1.83 bits per heavy atom. The maximum atomic E-state index is 14.5. The molecule has 2 bridgehead atoms. The second-order valence-corrected chi connectivity index (χ2v) is 17.1. The van der Waals surface area contributed by atoms with E-state index in [9.17, 15) is 24.6 Å². The lowest BCUT2D eigenvalue weighted by molar-refractivity contribution is -0.296. The highest BCUT2D eigenvalue weighted by atomic mass is 16.7. The molecular weight excluding hydrogens is 750 g/mol. The van der Waals surface area contributed by atoms with Gasteiger partial charge in [0.15, 0.2) is 12.1 Å². The molecule has 13 atom stereocenters. The number of rotatable bonds is 7. The number of nitrogens with one attached hydrogen (secondary N) is 1. The summed E-state index contributed by atoms with van der Waals surface area (Å²) >= 11 is 0. The maximum absolute atomic E-state index is 14.5. The van der Waals surface area contributed by atoms with Gasteiger partial charge in [0.25, 0.3) is 0 Å². The number of H-pyrrole nitrogens is 1. The molecule has 58 heavy (non-hydrogen) atoms. The predicted molar refractivity (Wildman–Crippen MR) is 215 cm³/mol. The molecule has 0 saturated carbocycles. The Kier molecular flexibility index (Phi) is 14.7. The first-order valence-corrected chi connectivity index (χ1v) is 20.3. The predicted octanol–water partition coefficient (Wildman–Crippen LogP) is 4.00. The number of oxime groups is 1. The Bertz CT molecular complexity index is 1830. The van der Waals surface area contributed by atoms with E-state index < -0.39 is 83.2 Å². The molecule has 2 aromatic rings. The first-order chi connectivity index (χ1) is 27.3. The Morgan fingerprint density at radius 1 is 1.10 bits per heavy atom. The average molecular weight is 814 g/mol. The summed E-state index contributed by atoms with van der Waals surface area (Å²) in [4.78, 5) is 53.5. The number of aromatic amines is 1. The Hall–Kier alpha value is -3.64. The molecule has 3 fully saturated rings. The molecule has 0 spiro atoms. The van der Waals surface area contributed by atoms with Gasteiger partial charge in [-0.05, 0) is 78.6 Å². The van der Waals surface area contributed by atoms with Gasteiger partial charge in [0.1, 0.15) is 36.0 Å². The van der Waals surface area contributed by atoms with Gasteiger partial charge in [0.05, 0.1) is 48.8 Å². The van der Waals surface area contributed by atoms with Crippen LogP contribution in [0.15, 0.2) is 34.5 Å². The SMILES string of the molecule is CC[C@H]1OC(=O)[C@H](C)C(=O)[C@H](C)[C@@H](O[C@@H]2O[C@H](C)C[C@H](N(C)C)[C@H]2O)[C@@]2(C)C[C@@H](C)C(=NC(C)=O)[C@H](C)[C@H](OC/C(=N\OCc3ccc4cn[nH]c4c3)CO2)[C@]1(C)O. The number of ketones is 1. The van der Waals surface area contributed by atoms with Crippen molar-refractivity contribution in [3.05, 3.63) is 30.0 Å². The van der Waals surface area contributed by atoms with Crippen LogP contribution in [0, 0.1) is 23.7 Å². The number of amides is 1. The van der Waals surface area contributed by atoms with Crippen LogP contribution in [0.5, 0.6) is 0 Å². The standard InChI is InChI=1S/C42H63N5O11/c1-12-33-42(9,52)38-24(4)34(44-27(7)48)22(2)17-41(8,54-21-30(20-53-38)46-55-19-28-13-14-29-18-43-45-31(29)16-28)37(25(5)35(49)26(6)39(51)57-33)58-40-36(50)32(47(10)11)15-23(3)56-40/h13-14,16,18,22-26,32-33,36-38,40,50,52H,12,15,17,19-21H2,1-11H3,(H,43,45)/b44-34?,46-30+/t22-,23-,24+,25+,26-,32+,33-,36-,37-,38+,40+,41-,42-/m1/s1. The number of cyclic esters (lactones) is 1. The van der Waals surface area contributed by atoms with Gasteiger partial charge in [-0.3, -0.25) is 19.5 Å². The minimum atomic E-state index is -1.84. The summed E-state index contributed by atoms with van der Waals surface area (Å²) in [6, 6.07) is 5.42. The van der Waals surface area contributed by atoms with Gasteiger partial charge in [-0.25, -0.2) is 4.99 Å². The van der Waals surface area contributed by atoms with Crippen LogP contribution in [0.25, 0.3) is 10.9 Å². The minimum absolute atomic E-state index is 0.102. The number of hydrogen-bond acceptors (Lipinski definition) is 14. The number of aliphatic hydroxyl groups is 2. The van der Waals surface area contributed by atoms with Crippen molar-refractivity contribution in [1.82, 2.24) is 15.1 Å². The molecule has 3 saturated heterocycles. The largest absolute Gasteiger partial charge is 0.459 e. The second kappa shape index (κ2) is 18.7. The van der Waals surface area contributed by atoms with Crippen molar-refractivity contribution in [3.63, 3.8) is 0 Å². The third kappa shape index (κ3) is 10.0. The van der Waals surface area contributed by atoms with Crippen LogP contribution in [0.3, 0.4) is 0 Å². The van der Waals surface area contributed by atoms with E-state index in [0.29, 0.717) is 17.8 Å². The molecular formula is C42H63N5O11. The Morgan fingerprint density at radius 3 is 2.50 bits per heavy atom. The highest BCUT2D eigenvalue weighted by molar-refractivity contribution is 6.00. The van der Waals surface area contributed by atoms with Gasteiger partial charge < -0.3 is 43.6 Å². The van der Waals surface area contributed by atoms with Gasteiger partial charge in [-0.15, -0.1) is 0 Å². The highest BCUT2D eigenvalue weighted by Gasteiger charge is 2.53. The number of carbonyl (C=O) groups excluding carboxylic acids is 3. The number of ether oxygens (including phenoxy) is 5. The zero-order valence-electron chi connectivity index (χ0n) is 35.8. The summed E-state index contributed by atoms with van der Waals surface area (Å²) in [7, 11) is 3.73. The fourth-order valence-corrected chi connectivity index (χ4v) is 8.88. The molecule has 0 radical (unpaired) electrons. The Labute approximate surface area is 341 Å². The third-order valence-corrected chi connectivity index (χ3v) is 12.1. The van der Waals surface area contributed by atoms with E-state index in [1.54, 1.807) is 27.0 Å². The van der Waals surface area contributed by atoms with E-state index in [1.165, 1.54) is 20.8 Å². The fraction of sp³-hybridized carbons (Fsp3) is 0.714. The molecule has 322 valence electrons. The van der Waals surface area contributed by atoms with Crippen molar-refractivity contribution in [2.24, 2.45) is 33.8 Å². The van der Waals surface area contributed by atoms with Gasteiger partial charge >= 0.3 is 5.97 Å². The summed E-state index contributed by atoms with van der Waals surface area (Å²) in [5.74, 6) is -5.29. The number of nitrogens with zero attached hydrogens (tertiary/aromatic N) is 4. The van der Waals surface area contributed by atoms with E-state index in [2.05, 4.69) is 20.3 Å². The number of aliphatic imine (C=N–C) groups is 1. The topological polar surface area (TPSA) is 204 Å². The van der Waals surface area contributed by atoms with Crippen molar-refractivity contribution < 1.29 is 53.1 Å². The average Bonchev–Trinajstić information content (AvgIpc) is 3.63. The molecule has 0 unspecified atom stereocenters. The number of Topliss-reactive ketones (excluding diaryl/α,β-unsaturated/α-hetero) is 1. The summed E-state index contributed by atoms with van der Waals surface area (Å²) in [6.07, 6.45) is -3.34. The third-order valence-electron chi connectivity index (χ3n) is 12.1. The molecule has 4 heterocycles. The summed E-state index contributed by atoms with van der Waals surface area (Å²) < 4.78 is 32.4. The lowest BCUT2D eigenvalue weighted by atomic mass is 9.73. The number of likely N-dealkylation sites (N-methyl/N-ethyl adjacent to an activating group) is 1. The number of aliphatic hydroxyl groups excluding tert-OH is 1. The molecule has 1 amide bonds. The fourth-order valence-electron chi connectivity index (χ4n) is 8.88. The lowest BCUT2D eigenvalue weighted by Gasteiger charge is -2.47. The quantitative estimate of drug-likeness (QED) is 0.206. The number of aromatic nitrogens is 2. The number of fused-ring (bicyclic) bond motifs is 6. The first kappa shape index (κ1) is 45.4. The van der Waals surface area contributed by atoms with Crippen molar-refractivity contribution in [2.45, 2.75) is 142 Å². The van der Waals surface area contributed by atoms with Gasteiger partial charge in [0.2, 0.25) is 5.91 Å². The van der Waals surface area contributed by atoms with Gasteiger partial charge in [-0.2, -0.15) is 5.10 Å². The number of esters is 1. The van der Waals surface area contributed by atoms with E-state index in [0.717, 1.165) is 16.5 Å². The smallest absolute Gasteiger partial charge is 0.316 e. The molecule has 1 aromatic carbocycles. The monoisotopic (exact) mass is 813 g/mol. The van der Waals surface area contributed by atoms with Crippen LogP contribution in [0.4, 0.5) is 0 Å². The van der Waals surface area contributed by atoms with Crippen LogP contribution in [-0.4, -0.2) is 136 Å². The summed E-state index contributed by atoms with van der Waals surface area (Å²) in [5, 5.41) is 36.5. The highest BCUT2D eigenvalue weighted by Crippen LogP contribution is 2.40. The zero-order chi connectivity index (χ0) is 42.7. The maximum Gasteiger partial charge on any atom is 0.316 e. The molecule has 3 N–H and O–H groups in total. The molecule has 5 rings (SSSR count). The van der Waals surface area contributed by atoms with E-state index >= 15 is 0 Å². The molecule has 3 aliphatic rings. The second-order valence-electron chi connectivity index (χ2n) is 17.1. The Balaban J connectivity index is 1.66. The van der Waals surface area contributed by atoms with Crippen molar-refractivity contribution in [3.8, 4) is 0 Å². The van der Waals surface area contributed by atoms with Crippen molar-refractivity contribution >= 4 is 40.0 Å². The lowest BCUT2D eigenvalue weighted by Crippen LogP contribution is -2.60. The van der Waals surface area contributed by atoms with Crippen molar-refractivity contribution in [1.29, 1.82) is 0 Å². The molecule has 1 aromatic heterocycles. The minimum Gasteiger partial charge on any atom is -0.459 e. The molecule has 0 aliphatic carbocycles. The van der Waals surface area contributed by atoms with Crippen molar-refractivity contribution in [2.75, 3.05) is 27.3 Å². The normalized spacial score (nSPS) is 38.6. The van der Waals surface area contributed by atoms with Crippen LogP contribution in [-0.2, 0) is 49.5 Å².